The Bertz CT molecular complexity index is 855. The van der Waals surface area contributed by atoms with Crippen LogP contribution in [-0.4, -0.2) is 42.3 Å². The molecule has 2 aliphatic rings. The monoisotopic (exact) mass is 408 g/mol. The zero-order chi connectivity index (χ0) is 20.9. The van der Waals surface area contributed by atoms with E-state index in [0.29, 0.717) is 18.5 Å². The number of amides is 1. The van der Waals surface area contributed by atoms with Gasteiger partial charge in [-0.2, -0.15) is 0 Å². The van der Waals surface area contributed by atoms with E-state index < -0.39 is 0 Å². The van der Waals surface area contributed by atoms with Crippen LogP contribution in [0.15, 0.2) is 36.4 Å². The minimum absolute atomic E-state index is 0.0172. The van der Waals surface area contributed by atoms with Gasteiger partial charge in [-0.05, 0) is 55.9 Å². The Balaban J connectivity index is 1.41. The molecule has 1 aromatic heterocycles. The molecular formula is C24H32N4O2. The average Bonchev–Trinajstić information content (AvgIpc) is 2.80. The fourth-order valence-electron chi connectivity index (χ4n) is 4.72. The van der Waals surface area contributed by atoms with Gasteiger partial charge in [0.05, 0.1) is 18.7 Å². The van der Waals surface area contributed by atoms with Gasteiger partial charge in [0.2, 0.25) is 5.91 Å². The summed E-state index contributed by atoms with van der Waals surface area (Å²) in [7, 11) is 1.66. The van der Waals surface area contributed by atoms with E-state index in [0.717, 1.165) is 48.6 Å². The molecule has 0 bridgehead atoms. The fourth-order valence-corrected chi connectivity index (χ4v) is 4.72. The summed E-state index contributed by atoms with van der Waals surface area (Å²) in [6.07, 6.45) is 6.77. The molecular weight excluding hydrogens is 376 g/mol. The highest BCUT2D eigenvalue weighted by molar-refractivity contribution is 5.80. The van der Waals surface area contributed by atoms with E-state index in [1.165, 1.54) is 19.3 Å². The molecule has 1 N–H and O–H groups in total. The first-order valence-corrected chi connectivity index (χ1v) is 11.2. The first-order chi connectivity index (χ1) is 14.7. The number of methoxy groups -OCH3 is 1. The predicted molar refractivity (Wildman–Crippen MR) is 119 cm³/mol. The molecule has 1 aliphatic carbocycles. The summed E-state index contributed by atoms with van der Waals surface area (Å²) >= 11 is 0. The molecule has 3 atom stereocenters. The number of nitrogens with one attached hydrogen (secondary N) is 1. The number of para-hydroxylation sites is 1. The zero-order valence-corrected chi connectivity index (χ0v) is 18.0. The van der Waals surface area contributed by atoms with E-state index in [1.807, 2.05) is 36.4 Å². The van der Waals surface area contributed by atoms with Crippen molar-refractivity contribution in [3.8, 4) is 17.0 Å². The van der Waals surface area contributed by atoms with Gasteiger partial charge in [0.15, 0.2) is 5.82 Å². The van der Waals surface area contributed by atoms with Crippen molar-refractivity contribution in [2.45, 2.75) is 51.5 Å². The van der Waals surface area contributed by atoms with Gasteiger partial charge < -0.3 is 15.0 Å². The summed E-state index contributed by atoms with van der Waals surface area (Å²) in [5.41, 5.74) is 1.71. The van der Waals surface area contributed by atoms with Crippen LogP contribution in [0, 0.1) is 11.8 Å². The lowest BCUT2D eigenvalue weighted by Gasteiger charge is -2.35. The first-order valence-electron chi connectivity index (χ1n) is 11.2. The normalized spacial score (nSPS) is 24.3. The molecule has 0 spiro atoms. The van der Waals surface area contributed by atoms with E-state index in [1.54, 1.807) is 7.11 Å². The van der Waals surface area contributed by atoms with E-state index in [2.05, 4.69) is 27.3 Å². The summed E-state index contributed by atoms with van der Waals surface area (Å²) in [5, 5.41) is 12.2. The maximum atomic E-state index is 12.9. The highest BCUT2D eigenvalue weighted by atomic mass is 16.5. The third-order valence-corrected chi connectivity index (χ3v) is 6.59. The smallest absolute Gasteiger partial charge is 0.225 e. The van der Waals surface area contributed by atoms with Gasteiger partial charge in [-0.3, -0.25) is 4.79 Å². The summed E-state index contributed by atoms with van der Waals surface area (Å²) in [5.74, 6) is 2.42. The van der Waals surface area contributed by atoms with Gasteiger partial charge >= 0.3 is 0 Å². The number of anilines is 1. The second kappa shape index (κ2) is 9.45. The van der Waals surface area contributed by atoms with Gasteiger partial charge in [-0.25, -0.2) is 0 Å². The Labute approximate surface area is 179 Å². The molecule has 0 radical (unpaired) electrons. The molecule has 4 rings (SSSR count). The van der Waals surface area contributed by atoms with E-state index in [4.69, 9.17) is 4.74 Å². The number of piperidine rings is 1. The number of benzene rings is 1. The van der Waals surface area contributed by atoms with Crippen LogP contribution in [0.2, 0.25) is 0 Å². The van der Waals surface area contributed by atoms with Crippen LogP contribution in [0.5, 0.6) is 5.75 Å². The van der Waals surface area contributed by atoms with Crippen molar-refractivity contribution in [1.82, 2.24) is 15.5 Å². The summed E-state index contributed by atoms with van der Waals surface area (Å²) < 4.78 is 5.43. The molecule has 3 unspecified atom stereocenters. The Morgan fingerprint density at radius 1 is 1.07 bits per heavy atom. The van der Waals surface area contributed by atoms with Crippen LogP contribution in [0.25, 0.3) is 11.3 Å². The van der Waals surface area contributed by atoms with Gasteiger partial charge in [0.1, 0.15) is 5.75 Å². The van der Waals surface area contributed by atoms with Gasteiger partial charge in [0, 0.05) is 24.7 Å². The maximum absolute atomic E-state index is 12.9. The number of nitrogens with zero attached hydrogens (tertiary/aromatic N) is 3. The van der Waals surface area contributed by atoms with Crippen molar-refractivity contribution in [3.63, 3.8) is 0 Å². The summed E-state index contributed by atoms with van der Waals surface area (Å²) in [4.78, 5) is 15.1. The second-order valence-corrected chi connectivity index (χ2v) is 8.64. The molecule has 1 saturated carbocycles. The zero-order valence-electron chi connectivity index (χ0n) is 18.0. The first kappa shape index (κ1) is 20.6. The molecule has 6 heteroatoms. The summed E-state index contributed by atoms with van der Waals surface area (Å²) in [6, 6.07) is 12.1. The molecule has 30 heavy (non-hydrogen) atoms. The number of aromatic nitrogens is 2. The second-order valence-electron chi connectivity index (χ2n) is 8.64. The van der Waals surface area contributed by atoms with Crippen molar-refractivity contribution in [1.29, 1.82) is 0 Å². The van der Waals surface area contributed by atoms with Crippen molar-refractivity contribution in [2.75, 3.05) is 25.1 Å². The van der Waals surface area contributed by atoms with Crippen molar-refractivity contribution >= 4 is 11.7 Å². The van der Waals surface area contributed by atoms with Crippen LogP contribution in [0.1, 0.15) is 45.4 Å². The quantitative estimate of drug-likeness (QED) is 0.808. The lowest BCUT2D eigenvalue weighted by molar-refractivity contribution is -0.126. The molecule has 1 aromatic carbocycles. The number of hydrogen-bond acceptors (Lipinski definition) is 5. The molecule has 1 amide bonds. The number of rotatable bonds is 5. The minimum atomic E-state index is 0.0172. The Kier molecular flexibility index (Phi) is 6.50. The van der Waals surface area contributed by atoms with Crippen LogP contribution in [0.3, 0.4) is 0 Å². The Morgan fingerprint density at radius 2 is 1.90 bits per heavy atom. The summed E-state index contributed by atoms with van der Waals surface area (Å²) in [6.45, 7) is 3.87. The highest BCUT2D eigenvalue weighted by Gasteiger charge is 2.30. The molecule has 1 saturated heterocycles. The van der Waals surface area contributed by atoms with Gasteiger partial charge in [-0.1, -0.05) is 31.9 Å². The van der Waals surface area contributed by atoms with Crippen molar-refractivity contribution < 1.29 is 9.53 Å². The third kappa shape index (κ3) is 4.58. The van der Waals surface area contributed by atoms with Crippen LogP contribution in [-0.2, 0) is 4.79 Å². The third-order valence-electron chi connectivity index (χ3n) is 6.59. The lowest BCUT2D eigenvalue weighted by atomic mass is 9.85. The molecule has 6 nitrogen and oxygen atoms in total. The topological polar surface area (TPSA) is 67.3 Å². The van der Waals surface area contributed by atoms with Crippen LogP contribution < -0.4 is 15.0 Å². The number of carbonyl (C=O) groups is 1. The number of carbonyl (C=O) groups excluding carboxylic acids is 1. The Morgan fingerprint density at radius 3 is 2.67 bits per heavy atom. The maximum Gasteiger partial charge on any atom is 0.225 e. The number of hydrogen-bond donors (Lipinski definition) is 1. The van der Waals surface area contributed by atoms with E-state index in [-0.39, 0.29) is 11.8 Å². The van der Waals surface area contributed by atoms with Gasteiger partial charge in [-0.15, -0.1) is 10.2 Å². The SMILES string of the molecule is COc1ccccc1-c1ccc(N2CCCC(C(=O)NC3CCCCC3C)C2)nn1. The van der Waals surface area contributed by atoms with E-state index in [9.17, 15) is 4.79 Å². The predicted octanol–water partition coefficient (Wildman–Crippen LogP) is 4.06. The van der Waals surface area contributed by atoms with Crippen LogP contribution >= 0.6 is 0 Å². The molecule has 2 heterocycles. The highest BCUT2D eigenvalue weighted by Crippen LogP contribution is 2.29. The standard InChI is InChI=1S/C24H32N4O2/c1-17-8-3-5-11-20(17)25-24(29)18-9-7-15-28(16-18)23-14-13-21(26-27-23)19-10-4-6-12-22(19)30-2/h4,6,10,12-14,17-18,20H,3,5,7-9,11,15-16H2,1-2H3,(H,25,29). The van der Waals surface area contributed by atoms with Crippen LogP contribution in [0.4, 0.5) is 5.82 Å². The molecule has 2 aromatic rings. The molecule has 1 aliphatic heterocycles. The van der Waals surface area contributed by atoms with Crippen molar-refractivity contribution in [3.05, 3.63) is 36.4 Å². The Hall–Kier alpha value is -2.63. The molecule has 160 valence electrons. The van der Waals surface area contributed by atoms with Crippen molar-refractivity contribution in [2.24, 2.45) is 11.8 Å². The number of ether oxygens (including phenoxy) is 1. The van der Waals surface area contributed by atoms with Gasteiger partial charge in [0.25, 0.3) is 0 Å². The minimum Gasteiger partial charge on any atom is -0.496 e. The fraction of sp³-hybridized carbons (Fsp3) is 0.542. The lowest BCUT2D eigenvalue weighted by Crippen LogP contribution is -2.48. The average molecular weight is 409 g/mol. The largest absolute Gasteiger partial charge is 0.496 e. The molecule has 2 fully saturated rings. The van der Waals surface area contributed by atoms with E-state index >= 15 is 0 Å².